The van der Waals surface area contributed by atoms with Gasteiger partial charge in [-0.3, -0.25) is 9.89 Å². The lowest BCUT2D eigenvalue weighted by Gasteiger charge is -2.29. The third-order valence-corrected chi connectivity index (χ3v) is 4.25. The molecule has 5 heteroatoms. The van der Waals surface area contributed by atoms with E-state index >= 15 is 0 Å². The fourth-order valence-electron chi connectivity index (χ4n) is 2.83. The number of carbonyl (C=O) groups excluding carboxylic acids is 1. The maximum atomic E-state index is 12.4. The number of nitrogens with one attached hydrogen (secondary N) is 2. The minimum atomic E-state index is -0.0196. The molecular weight excluding hydrogens is 276 g/mol. The monoisotopic (exact) mass is 297 g/mol. The number of rotatable bonds is 3. The topological polar surface area (TPSA) is 61.0 Å². The summed E-state index contributed by atoms with van der Waals surface area (Å²) in [6.07, 6.45) is 3.86. The molecule has 0 bridgehead atoms. The van der Waals surface area contributed by atoms with E-state index in [0.717, 1.165) is 42.8 Å². The first-order valence-corrected chi connectivity index (χ1v) is 7.65. The normalized spacial score (nSPS) is 16.6. The molecule has 1 radical (unpaired) electrons. The largest absolute Gasteiger partial charge is 0.349 e. The fraction of sp³-hybridized carbons (Fsp3) is 0.412. The smallest absolute Gasteiger partial charge is 0.251 e. The second kappa shape index (κ2) is 6.32. The summed E-state index contributed by atoms with van der Waals surface area (Å²) in [7, 11) is 2.11. The van der Waals surface area contributed by atoms with E-state index in [4.69, 9.17) is 0 Å². The van der Waals surface area contributed by atoms with Crippen LogP contribution in [0.3, 0.4) is 0 Å². The van der Waals surface area contributed by atoms with E-state index in [9.17, 15) is 4.79 Å². The van der Waals surface area contributed by atoms with Gasteiger partial charge in [-0.1, -0.05) is 0 Å². The number of aryl methyl sites for hydroxylation is 1. The Morgan fingerprint density at radius 1 is 1.41 bits per heavy atom. The zero-order valence-corrected chi connectivity index (χ0v) is 13.0. The number of hydrogen-bond acceptors (Lipinski definition) is 3. The second-order valence-corrected chi connectivity index (χ2v) is 5.95. The predicted molar refractivity (Wildman–Crippen MR) is 85.6 cm³/mol. The van der Waals surface area contributed by atoms with Crippen LogP contribution >= 0.6 is 0 Å². The molecule has 2 heterocycles. The molecule has 0 spiro atoms. The number of likely N-dealkylation sites (tertiary alicyclic amines) is 1. The van der Waals surface area contributed by atoms with Crippen LogP contribution in [0, 0.1) is 13.0 Å². The lowest BCUT2D eigenvalue weighted by Crippen LogP contribution is -2.43. The van der Waals surface area contributed by atoms with Crippen LogP contribution in [0.2, 0.25) is 0 Å². The van der Waals surface area contributed by atoms with Gasteiger partial charge in [-0.05, 0) is 69.7 Å². The molecule has 0 unspecified atom stereocenters. The summed E-state index contributed by atoms with van der Waals surface area (Å²) in [4.78, 5) is 14.7. The van der Waals surface area contributed by atoms with Crippen molar-refractivity contribution in [2.45, 2.75) is 25.8 Å². The van der Waals surface area contributed by atoms with Crippen LogP contribution in [-0.2, 0) is 0 Å². The highest BCUT2D eigenvalue weighted by Gasteiger charge is 2.19. The first-order valence-electron chi connectivity index (χ1n) is 7.65. The van der Waals surface area contributed by atoms with Crippen molar-refractivity contribution in [1.82, 2.24) is 20.4 Å². The highest BCUT2D eigenvalue weighted by Crippen LogP contribution is 2.22. The quantitative estimate of drug-likeness (QED) is 0.911. The lowest BCUT2D eigenvalue weighted by molar-refractivity contribution is 0.0917. The van der Waals surface area contributed by atoms with Gasteiger partial charge in [0.25, 0.3) is 5.91 Å². The Kier molecular flexibility index (Phi) is 4.24. The highest BCUT2D eigenvalue weighted by atomic mass is 16.1. The van der Waals surface area contributed by atoms with Crippen LogP contribution in [0.15, 0.2) is 24.4 Å². The van der Waals surface area contributed by atoms with Crippen molar-refractivity contribution in [3.63, 3.8) is 0 Å². The fourth-order valence-corrected chi connectivity index (χ4v) is 2.83. The van der Waals surface area contributed by atoms with Gasteiger partial charge >= 0.3 is 0 Å². The molecule has 1 amide bonds. The first-order chi connectivity index (χ1) is 10.6. The van der Waals surface area contributed by atoms with Crippen LogP contribution in [0.25, 0.3) is 11.1 Å². The zero-order valence-electron chi connectivity index (χ0n) is 13.0. The van der Waals surface area contributed by atoms with Gasteiger partial charge in [-0.25, -0.2) is 0 Å². The summed E-state index contributed by atoms with van der Waals surface area (Å²) >= 11 is 0. The molecule has 2 N–H and O–H groups in total. The standard InChI is InChI=1S/C17H21N4O/c1-12-16(11-18-20-12)13-4-3-5-14(10-13)17(22)19-15-6-8-21(2)9-7-15/h4-5,10-11,15H,6-9H2,1-2H3,(H,18,20)(H,19,22). The summed E-state index contributed by atoms with van der Waals surface area (Å²) in [5.74, 6) is -0.0196. The zero-order chi connectivity index (χ0) is 15.5. The number of piperidine rings is 1. The number of amides is 1. The molecule has 115 valence electrons. The number of nitrogens with zero attached hydrogens (tertiary/aromatic N) is 2. The summed E-state index contributed by atoms with van der Waals surface area (Å²) in [6, 6.07) is 8.85. The molecule has 2 aromatic rings. The number of benzene rings is 1. The van der Waals surface area contributed by atoms with Gasteiger partial charge in [0.15, 0.2) is 0 Å². The van der Waals surface area contributed by atoms with Gasteiger partial charge < -0.3 is 10.2 Å². The Morgan fingerprint density at radius 3 is 2.86 bits per heavy atom. The molecule has 1 aromatic carbocycles. The SMILES string of the molecule is Cc1n[nH]cc1-c1c[c]cc(C(=O)NC2CCN(C)CC2)c1. The molecule has 1 aliphatic heterocycles. The molecular formula is C17H21N4O. The minimum absolute atomic E-state index is 0.0196. The second-order valence-electron chi connectivity index (χ2n) is 5.95. The van der Waals surface area contributed by atoms with Gasteiger partial charge in [0.2, 0.25) is 0 Å². The van der Waals surface area contributed by atoms with Crippen molar-refractivity contribution in [3.8, 4) is 11.1 Å². The van der Waals surface area contributed by atoms with Crippen molar-refractivity contribution in [2.24, 2.45) is 0 Å². The van der Waals surface area contributed by atoms with Crippen molar-refractivity contribution >= 4 is 5.91 Å². The summed E-state index contributed by atoms with van der Waals surface area (Å²) in [5, 5.41) is 10.1. The Labute approximate surface area is 130 Å². The van der Waals surface area contributed by atoms with E-state index in [0.29, 0.717) is 5.56 Å². The predicted octanol–water partition coefficient (Wildman–Crippen LogP) is 2.01. The van der Waals surface area contributed by atoms with Gasteiger partial charge in [0.05, 0.1) is 5.69 Å². The Balaban J connectivity index is 1.72. The van der Waals surface area contributed by atoms with Crippen LogP contribution in [0.5, 0.6) is 0 Å². The Morgan fingerprint density at radius 2 is 2.18 bits per heavy atom. The van der Waals surface area contributed by atoms with Crippen LogP contribution < -0.4 is 5.32 Å². The van der Waals surface area contributed by atoms with Gasteiger partial charge in [0, 0.05) is 23.4 Å². The van der Waals surface area contributed by atoms with Crippen molar-refractivity contribution in [2.75, 3.05) is 20.1 Å². The molecule has 0 saturated carbocycles. The minimum Gasteiger partial charge on any atom is -0.349 e. The maximum absolute atomic E-state index is 12.4. The highest BCUT2D eigenvalue weighted by molar-refractivity contribution is 5.95. The van der Waals surface area contributed by atoms with E-state index in [1.807, 2.05) is 25.3 Å². The maximum Gasteiger partial charge on any atom is 0.251 e. The summed E-state index contributed by atoms with van der Waals surface area (Å²) < 4.78 is 0. The van der Waals surface area contributed by atoms with E-state index < -0.39 is 0 Å². The van der Waals surface area contributed by atoms with Gasteiger partial charge in [-0.15, -0.1) is 0 Å². The number of carbonyl (C=O) groups is 1. The molecule has 3 rings (SSSR count). The molecule has 1 fully saturated rings. The van der Waals surface area contributed by atoms with Gasteiger partial charge in [0.1, 0.15) is 0 Å². The van der Waals surface area contributed by atoms with Crippen LogP contribution in [0.1, 0.15) is 28.9 Å². The number of H-pyrrole nitrogens is 1. The third kappa shape index (κ3) is 3.20. The first kappa shape index (κ1) is 14.8. The summed E-state index contributed by atoms with van der Waals surface area (Å²) in [6.45, 7) is 4.01. The molecule has 0 aliphatic carbocycles. The Hall–Kier alpha value is -2.14. The van der Waals surface area contributed by atoms with E-state index in [1.165, 1.54) is 0 Å². The summed E-state index contributed by atoms with van der Waals surface area (Å²) in [5.41, 5.74) is 3.53. The van der Waals surface area contributed by atoms with Gasteiger partial charge in [-0.2, -0.15) is 5.10 Å². The van der Waals surface area contributed by atoms with E-state index in [1.54, 1.807) is 6.07 Å². The van der Waals surface area contributed by atoms with E-state index in [-0.39, 0.29) is 11.9 Å². The molecule has 22 heavy (non-hydrogen) atoms. The van der Waals surface area contributed by atoms with E-state index in [2.05, 4.69) is 33.5 Å². The molecule has 0 atom stereocenters. The Bertz CT molecular complexity index is 656. The lowest BCUT2D eigenvalue weighted by atomic mass is 10.0. The number of hydrogen-bond donors (Lipinski definition) is 2. The molecule has 1 aromatic heterocycles. The average Bonchev–Trinajstić information content (AvgIpc) is 2.96. The molecule has 5 nitrogen and oxygen atoms in total. The molecule has 1 aliphatic rings. The van der Waals surface area contributed by atoms with Crippen molar-refractivity contribution < 1.29 is 4.79 Å². The number of aromatic amines is 1. The van der Waals surface area contributed by atoms with Crippen molar-refractivity contribution in [3.05, 3.63) is 41.7 Å². The third-order valence-electron chi connectivity index (χ3n) is 4.25. The van der Waals surface area contributed by atoms with Crippen molar-refractivity contribution in [1.29, 1.82) is 0 Å². The number of aromatic nitrogens is 2. The van der Waals surface area contributed by atoms with Crippen LogP contribution in [0.4, 0.5) is 0 Å². The average molecular weight is 297 g/mol. The van der Waals surface area contributed by atoms with Crippen LogP contribution in [-0.4, -0.2) is 47.2 Å². The molecule has 1 saturated heterocycles.